The Morgan fingerprint density at radius 1 is 1.04 bits per heavy atom. The Hall–Kier alpha value is -2.34. The van der Waals surface area contributed by atoms with E-state index in [1.807, 2.05) is 6.92 Å². The topological polar surface area (TPSA) is 67.4 Å². The lowest BCUT2D eigenvalue weighted by Gasteiger charge is -2.10. The average molecular weight is 405 g/mol. The summed E-state index contributed by atoms with van der Waals surface area (Å²) in [4.78, 5) is 23.9. The lowest BCUT2D eigenvalue weighted by Crippen LogP contribution is -2.13. The molecule has 0 unspecified atom stereocenters. The summed E-state index contributed by atoms with van der Waals surface area (Å²) in [6.07, 6.45) is 1.32. The number of amides is 2. The van der Waals surface area contributed by atoms with Gasteiger partial charge in [0.05, 0.1) is 11.1 Å². The molecule has 0 radical (unpaired) electrons. The Kier molecular flexibility index (Phi) is 7.01. The van der Waals surface area contributed by atoms with Gasteiger partial charge >= 0.3 is 0 Å². The van der Waals surface area contributed by atoms with Gasteiger partial charge in [0, 0.05) is 23.4 Å². The summed E-state index contributed by atoms with van der Waals surface area (Å²) in [6.45, 7) is 4.44. The number of anilines is 2. The fourth-order valence-corrected chi connectivity index (χ4v) is 2.59. The molecule has 0 heterocycles. The Morgan fingerprint density at radius 2 is 1.76 bits per heavy atom. The SMILES string of the molecule is CCCOc1ccc(C(=O)Nc2cccc(NC(=O)CC)c2)cc1Br. The van der Waals surface area contributed by atoms with Crippen molar-refractivity contribution in [2.75, 3.05) is 17.2 Å². The van der Waals surface area contributed by atoms with Crippen molar-refractivity contribution in [1.82, 2.24) is 0 Å². The molecule has 0 atom stereocenters. The normalized spacial score (nSPS) is 10.2. The van der Waals surface area contributed by atoms with Crippen LogP contribution in [0, 0.1) is 0 Å². The third kappa shape index (κ3) is 5.60. The van der Waals surface area contributed by atoms with Gasteiger partial charge < -0.3 is 15.4 Å². The van der Waals surface area contributed by atoms with Gasteiger partial charge in [0.15, 0.2) is 0 Å². The zero-order valence-corrected chi connectivity index (χ0v) is 15.9. The maximum absolute atomic E-state index is 12.4. The van der Waals surface area contributed by atoms with Gasteiger partial charge in [-0.15, -0.1) is 0 Å². The Labute approximate surface area is 155 Å². The summed E-state index contributed by atoms with van der Waals surface area (Å²) in [5, 5.41) is 5.59. The molecule has 2 rings (SSSR count). The van der Waals surface area contributed by atoms with E-state index in [0.29, 0.717) is 35.7 Å². The van der Waals surface area contributed by atoms with Crippen LogP contribution in [0.3, 0.4) is 0 Å². The molecule has 2 N–H and O–H groups in total. The number of benzene rings is 2. The highest BCUT2D eigenvalue weighted by atomic mass is 79.9. The van der Waals surface area contributed by atoms with Crippen LogP contribution >= 0.6 is 15.9 Å². The summed E-state index contributed by atoms with van der Waals surface area (Å²) >= 11 is 3.43. The summed E-state index contributed by atoms with van der Waals surface area (Å²) in [7, 11) is 0. The van der Waals surface area contributed by atoms with Crippen molar-refractivity contribution >= 4 is 39.1 Å². The molecule has 0 saturated heterocycles. The standard InChI is InChI=1S/C19H21BrN2O3/c1-3-10-25-17-9-8-13(11-16(17)20)19(24)22-15-7-5-6-14(12-15)21-18(23)4-2/h5-9,11-12H,3-4,10H2,1-2H3,(H,21,23)(H,22,24). The zero-order chi connectivity index (χ0) is 18.2. The predicted octanol–water partition coefficient (Wildman–Crippen LogP) is 4.84. The number of carbonyl (C=O) groups excluding carboxylic acids is 2. The average Bonchev–Trinajstić information content (AvgIpc) is 2.60. The van der Waals surface area contributed by atoms with Crippen LogP contribution in [0.5, 0.6) is 5.75 Å². The van der Waals surface area contributed by atoms with Gasteiger partial charge in [-0.3, -0.25) is 9.59 Å². The van der Waals surface area contributed by atoms with Crippen molar-refractivity contribution in [2.24, 2.45) is 0 Å². The largest absolute Gasteiger partial charge is 0.492 e. The molecule has 6 heteroatoms. The van der Waals surface area contributed by atoms with Crippen molar-refractivity contribution in [2.45, 2.75) is 26.7 Å². The maximum atomic E-state index is 12.4. The van der Waals surface area contributed by atoms with Crippen molar-refractivity contribution in [3.63, 3.8) is 0 Å². The second-order valence-corrected chi connectivity index (χ2v) is 6.28. The number of hydrogen-bond donors (Lipinski definition) is 2. The van der Waals surface area contributed by atoms with Crippen molar-refractivity contribution in [3.8, 4) is 5.75 Å². The van der Waals surface area contributed by atoms with Crippen molar-refractivity contribution in [3.05, 3.63) is 52.5 Å². The molecule has 132 valence electrons. The molecule has 0 spiro atoms. The molecule has 0 saturated carbocycles. The van der Waals surface area contributed by atoms with E-state index < -0.39 is 0 Å². The van der Waals surface area contributed by atoms with Crippen LogP contribution < -0.4 is 15.4 Å². The number of halogens is 1. The smallest absolute Gasteiger partial charge is 0.255 e. The third-order valence-corrected chi connectivity index (χ3v) is 4.00. The summed E-state index contributed by atoms with van der Waals surface area (Å²) < 4.78 is 6.32. The first-order valence-corrected chi connectivity index (χ1v) is 8.96. The van der Waals surface area contributed by atoms with Crippen LogP contribution in [0.1, 0.15) is 37.0 Å². The quantitative estimate of drug-likeness (QED) is 0.693. The van der Waals surface area contributed by atoms with Gasteiger partial charge in [-0.25, -0.2) is 0 Å². The molecule has 2 aromatic carbocycles. The van der Waals surface area contributed by atoms with E-state index in [4.69, 9.17) is 4.74 Å². The molecule has 2 amide bonds. The molecular formula is C19H21BrN2O3. The highest BCUT2D eigenvalue weighted by molar-refractivity contribution is 9.10. The van der Waals surface area contributed by atoms with Crippen LogP contribution in [0.25, 0.3) is 0 Å². The molecule has 0 aliphatic carbocycles. The van der Waals surface area contributed by atoms with Gasteiger partial charge in [-0.1, -0.05) is 19.9 Å². The molecule has 0 aliphatic heterocycles. The van der Waals surface area contributed by atoms with Gasteiger partial charge in [-0.2, -0.15) is 0 Å². The summed E-state index contributed by atoms with van der Waals surface area (Å²) in [5.41, 5.74) is 1.77. The molecule has 0 fully saturated rings. The first-order valence-electron chi connectivity index (χ1n) is 8.17. The minimum atomic E-state index is -0.235. The van der Waals surface area contributed by atoms with Gasteiger partial charge in [-0.05, 0) is 58.7 Å². The fourth-order valence-electron chi connectivity index (χ4n) is 2.10. The third-order valence-electron chi connectivity index (χ3n) is 3.38. The van der Waals surface area contributed by atoms with Crippen LogP contribution in [-0.2, 0) is 4.79 Å². The van der Waals surface area contributed by atoms with E-state index in [2.05, 4.69) is 26.6 Å². The van der Waals surface area contributed by atoms with E-state index in [1.54, 1.807) is 49.4 Å². The van der Waals surface area contributed by atoms with Crippen LogP contribution in [0.4, 0.5) is 11.4 Å². The van der Waals surface area contributed by atoms with E-state index >= 15 is 0 Å². The van der Waals surface area contributed by atoms with E-state index in [9.17, 15) is 9.59 Å². The number of rotatable bonds is 7. The maximum Gasteiger partial charge on any atom is 0.255 e. The van der Waals surface area contributed by atoms with E-state index in [-0.39, 0.29) is 11.8 Å². The number of hydrogen-bond acceptors (Lipinski definition) is 3. The minimum absolute atomic E-state index is 0.0740. The zero-order valence-electron chi connectivity index (χ0n) is 14.3. The second-order valence-electron chi connectivity index (χ2n) is 5.43. The highest BCUT2D eigenvalue weighted by Gasteiger charge is 2.10. The monoisotopic (exact) mass is 404 g/mol. The van der Waals surface area contributed by atoms with Crippen LogP contribution in [0.2, 0.25) is 0 Å². The first-order chi connectivity index (χ1) is 12.0. The van der Waals surface area contributed by atoms with Crippen molar-refractivity contribution < 1.29 is 14.3 Å². The first kappa shape index (κ1) is 19.0. The van der Waals surface area contributed by atoms with Gasteiger partial charge in [0.25, 0.3) is 5.91 Å². The lowest BCUT2D eigenvalue weighted by molar-refractivity contribution is -0.115. The van der Waals surface area contributed by atoms with Gasteiger partial charge in [0.2, 0.25) is 5.91 Å². The summed E-state index contributed by atoms with van der Waals surface area (Å²) in [6, 6.07) is 12.3. The van der Waals surface area contributed by atoms with Crippen LogP contribution in [0.15, 0.2) is 46.9 Å². The molecule has 0 aliphatic rings. The lowest BCUT2D eigenvalue weighted by atomic mass is 10.2. The predicted molar refractivity (Wildman–Crippen MR) is 103 cm³/mol. The van der Waals surface area contributed by atoms with E-state index in [1.165, 1.54) is 0 Å². The highest BCUT2D eigenvalue weighted by Crippen LogP contribution is 2.26. The Bertz CT molecular complexity index is 762. The number of ether oxygens (including phenoxy) is 1. The van der Waals surface area contributed by atoms with Crippen LogP contribution in [-0.4, -0.2) is 18.4 Å². The number of nitrogens with one attached hydrogen (secondary N) is 2. The molecule has 5 nitrogen and oxygen atoms in total. The Balaban J connectivity index is 2.08. The molecule has 0 aromatic heterocycles. The molecule has 25 heavy (non-hydrogen) atoms. The minimum Gasteiger partial charge on any atom is -0.492 e. The fraction of sp³-hybridized carbons (Fsp3) is 0.263. The Morgan fingerprint density at radius 3 is 2.40 bits per heavy atom. The molecule has 0 bridgehead atoms. The summed E-state index contributed by atoms with van der Waals surface area (Å²) in [5.74, 6) is 0.402. The van der Waals surface area contributed by atoms with Crippen molar-refractivity contribution in [1.29, 1.82) is 0 Å². The molecule has 2 aromatic rings. The molecular weight excluding hydrogens is 384 g/mol. The second kappa shape index (κ2) is 9.22. The van der Waals surface area contributed by atoms with E-state index in [0.717, 1.165) is 10.9 Å². The van der Waals surface area contributed by atoms with Gasteiger partial charge in [0.1, 0.15) is 5.75 Å². The number of carbonyl (C=O) groups is 2.